The van der Waals surface area contributed by atoms with Crippen molar-refractivity contribution >= 4 is 39.1 Å². The van der Waals surface area contributed by atoms with E-state index in [1.807, 2.05) is 54.7 Å². The number of anilines is 3. The summed E-state index contributed by atoms with van der Waals surface area (Å²) in [6.45, 7) is 2.57. The molecule has 42 heavy (non-hydrogen) atoms. The largest absolute Gasteiger partial charge is 0.490 e. The lowest BCUT2D eigenvalue weighted by molar-refractivity contribution is 0.123. The van der Waals surface area contributed by atoms with Crippen molar-refractivity contribution in [3.8, 4) is 34.1 Å². The van der Waals surface area contributed by atoms with Gasteiger partial charge in [-0.2, -0.15) is 10.2 Å². The fourth-order valence-electron chi connectivity index (χ4n) is 4.75. The first-order chi connectivity index (χ1) is 20.4. The van der Waals surface area contributed by atoms with Gasteiger partial charge in [0.15, 0.2) is 0 Å². The molecule has 12 nitrogen and oxygen atoms in total. The summed E-state index contributed by atoms with van der Waals surface area (Å²) in [6.07, 6.45) is 1.91. The van der Waals surface area contributed by atoms with E-state index in [0.29, 0.717) is 35.9 Å². The second kappa shape index (κ2) is 11.4. The normalized spacial score (nSPS) is 12.2. The average Bonchev–Trinajstić information content (AvgIpc) is 3.66. The molecule has 0 unspecified atom stereocenters. The van der Waals surface area contributed by atoms with Gasteiger partial charge in [0.05, 0.1) is 34.2 Å². The molecule has 214 valence electrons. The minimum Gasteiger partial charge on any atom is -0.490 e. The highest BCUT2D eigenvalue weighted by atomic mass is 16.5. The van der Waals surface area contributed by atoms with Crippen LogP contribution in [-0.4, -0.2) is 66.0 Å². The number of hydrogen-bond acceptors (Lipinski definition) is 10. The number of aromatic nitrogens is 6. The van der Waals surface area contributed by atoms with Crippen LogP contribution in [0.25, 0.3) is 50.1 Å². The van der Waals surface area contributed by atoms with E-state index in [4.69, 9.17) is 26.4 Å². The van der Waals surface area contributed by atoms with Crippen molar-refractivity contribution in [2.24, 2.45) is 0 Å². The predicted molar refractivity (Wildman–Crippen MR) is 163 cm³/mol. The summed E-state index contributed by atoms with van der Waals surface area (Å²) < 4.78 is 7.51. The lowest BCUT2D eigenvalue weighted by Gasteiger charge is -2.12. The van der Waals surface area contributed by atoms with Crippen molar-refractivity contribution < 1.29 is 14.9 Å². The van der Waals surface area contributed by atoms with E-state index in [1.165, 1.54) is 0 Å². The van der Waals surface area contributed by atoms with E-state index in [0.717, 1.165) is 50.3 Å². The molecule has 0 aliphatic carbocycles. The zero-order valence-electron chi connectivity index (χ0n) is 23.0. The van der Waals surface area contributed by atoms with Crippen LogP contribution in [0.15, 0.2) is 66.9 Å². The molecule has 0 amide bonds. The molecular weight excluding hydrogens is 534 g/mol. The number of aromatic amines is 1. The maximum absolute atomic E-state index is 9.60. The molecule has 6 rings (SSSR count). The highest BCUT2D eigenvalue weighted by Gasteiger charge is 2.13. The summed E-state index contributed by atoms with van der Waals surface area (Å²) in [6, 6.07) is 18.9. The van der Waals surface area contributed by atoms with Crippen LogP contribution in [0.5, 0.6) is 5.75 Å². The highest BCUT2D eigenvalue weighted by Crippen LogP contribution is 2.32. The molecule has 0 aliphatic rings. The van der Waals surface area contributed by atoms with E-state index in [2.05, 4.69) is 25.5 Å². The van der Waals surface area contributed by atoms with Gasteiger partial charge in [0.1, 0.15) is 29.7 Å². The highest BCUT2D eigenvalue weighted by molar-refractivity contribution is 5.94. The minimum absolute atomic E-state index is 0.117. The van der Waals surface area contributed by atoms with Crippen molar-refractivity contribution in [1.29, 1.82) is 0 Å². The maximum Gasteiger partial charge on any atom is 0.132 e. The summed E-state index contributed by atoms with van der Waals surface area (Å²) in [5.74, 6) is 1.31. The van der Waals surface area contributed by atoms with E-state index < -0.39 is 6.10 Å². The Hall–Kier alpha value is -5.20. The first kappa shape index (κ1) is 27.0. The zero-order valence-corrected chi connectivity index (χ0v) is 23.0. The third-order valence-corrected chi connectivity index (χ3v) is 6.74. The fourth-order valence-corrected chi connectivity index (χ4v) is 4.75. The lowest BCUT2D eigenvalue weighted by atomic mass is 10.1. The van der Waals surface area contributed by atoms with Crippen molar-refractivity contribution in [2.45, 2.75) is 19.4 Å². The Bertz CT molecular complexity index is 1880. The van der Waals surface area contributed by atoms with Gasteiger partial charge in [0, 0.05) is 53.5 Å². The number of rotatable bonds is 10. The molecule has 2 aromatic carbocycles. The summed E-state index contributed by atoms with van der Waals surface area (Å²) >= 11 is 0. The fraction of sp³-hybridized carbons (Fsp3) is 0.200. The van der Waals surface area contributed by atoms with E-state index >= 15 is 0 Å². The minimum atomic E-state index is -0.602. The second-order valence-corrected chi connectivity index (χ2v) is 10.0. The van der Waals surface area contributed by atoms with Crippen LogP contribution in [0, 0.1) is 0 Å². The molecule has 0 saturated heterocycles. The molecule has 0 fully saturated rings. The number of benzene rings is 2. The maximum atomic E-state index is 9.60. The van der Waals surface area contributed by atoms with Crippen LogP contribution in [0.1, 0.15) is 13.3 Å². The second-order valence-electron chi connectivity index (χ2n) is 10.0. The molecule has 4 heterocycles. The molecular formula is C30H31N9O3. The summed E-state index contributed by atoms with van der Waals surface area (Å²) in [7, 11) is 0. The van der Waals surface area contributed by atoms with Gasteiger partial charge in [-0.25, -0.2) is 14.6 Å². The standard InChI is InChI=1S/C30H31N9O3/c1-17(41)16-42-28-15-30(32)34-25-11-18(3-5-21(25)28)23-13-27(37-36-23)22-7-9-39(38-22)19-4-6-20-24(33-8-2-10-40)14-29(31)35-26(20)12-19/h3-7,9,11-15,17,40-41H,2,8,10,16H2,1H3,(H2,32,34)(H,36,37)(H3,31,33,35)/t17-/m1/s1. The molecule has 0 bridgehead atoms. The van der Waals surface area contributed by atoms with Gasteiger partial charge in [-0.15, -0.1) is 0 Å². The zero-order chi connectivity index (χ0) is 29.2. The Balaban J connectivity index is 1.25. The van der Waals surface area contributed by atoms with Gasteiger partial charge >= 0.3 is 0 Å². The van der Waals surface area contributed by atoms with Crippen LogP contribution < -0.4 is 21.5 Å². The first-order valence-electron chi connectivity index (χ1n) is 13.6. The number of H-pyrrole nitrogens is 1. The Morgan fingerprint density at radius 2 is 1.74 bits per heavy atom. The number of pyridine rings is 2. The van der Waals surface area contributed by atoms with Crippen LogP contribution in [0.3, 0.4) is 0 Å². The number of nitrogens with two attached hydrogens (primary N) is 2. The number of nitrogens with one attached hydrogen (secondary N) is 2. The Kier molecular flexibility index (Phi) is 7.30. The van der Waals surface area contributed by atoms with Crippen LogP contribution in [0.2, 0.25) is 0 Å². The molecule has 4 aromatic heterocycles. The molecule has 6 aromatic rings. The number of fused-ring (bicyclic) bond motifs is 2. The number of nitrogens with zero attached hydrogens (tertiary/aromatic N) is 5. The van der Waals surface area contributed by atoms with Crippen molar-refractivity contribution in [3.05, 3.63) is 66.9 Å². The van der Waals surface area contributed by atoms with Crippen LogP contribution in [0.4, 0.5) is 17.3 Å². The molecule has 8 N–H and O–H groups in total. The molecule has 0 spiro atoms. The predicted octanol–water partition coefficient (Wildman–Crippen LogP) is 3.74. The Labute approximate surface area is 241 Å². The molecule has 0 saturated carbocycles. The summed E-state index contributed by atoms with van der Waals surface area (Å²) in [5, 5.41) is 36.1. The van der Waals surface area contributed by atoms with Gasteiger partial charge < -0.3 is 31.7 Å². The molecule has 0 radical (unpaired) electrons. The van der Waals surface area contributed by atoms with Crippen LogP contribution >= 0.6 is 0 Å². The molecule has 0 aliphatic heterocycles. The van der Waals surface area contributed by atoms with Crippen molar-refractivity contribution in [2.75, 3.05) is 36.5 Å². The lowest BCUT2D eigenvalue weighted by Crippen LogP contribution is -2.13. The average molecular weight is 566 g/mol. The monoisotopic (exact) mass is 565 g/mol. The number of ether oxygens (including phenoxy) is 1. The van der Waals surface area contributed by atoms with Gasteiger partial charge in [0.2, 0.25) is 0 Å². The smallest absolute Gasteiger partial charge is 0.132 e. The number of nitrogen functional groups attached to an aromatic ring is 2. The Morgan fingerprint density at radius 1 is 0.952 bits per heavy atom. The van der Waals surface area contributed by atoms with Gasteiger partial charge in [0.25, 0.3) is 0 Å². The molecule has 12 heteroatoms. The first-order valence-corrected chi connectivity index (χ1v) is 13.6. The number of aliphatic hydroxyl groups is 2. The van der Waals surface area contributed by atoms with E-state index in [-0.39, 0.29) is 13.2 Å². The van der Waals surface area contributed by atoms with Crippen LogP contribution in [-0.2, 0) is 0 Å². The van der Waals surface area contributed by atoms with E-state index in [9.17, 15) is 5.11 Å². The third-order valence-electron chi connectivity index (χ3n) is 6.74. The van der Waals surface area contributed by atoms with Gasteiger partial charge in [-0.1, -0.05) is 6.07 Å². The molecule has 1 atom stereocenters. The van der Waals surface area contributed by atoms with Crippen molar-refractivity contribution in [3.63, 3.8) is 0 Å². The number of hydrogen-bond donors (Lipinski definition) is 6. The summed E-state index contributed by atoms with van der Waals surface area (Å²) in [4.78, 5) is 8.96. The quantitative estimate of drug-likeness (QED) is 0.134. The summed E-state index contributed by atoms with van der Waals surface area (Å²) in [5.41, 5.74) is 18.2. The Morgan fingerprint density at radius 3 is 2.55 bits per heavy atom. The SMILES string of the molecule is C[C@@H](O)COc1cc(N)nc2cc(-c3cc(-c4ccn(-c5ccc6c(NCCCO)cc(N)nc6c5)n4)[nH]n3)ccc12. The topological polar surface area (TPSA) is 186 Å². The van der Waals surface area contributed by atoms with Gasteiger partial charge in [-0.05, 0) is 55.8 Å². The number of aliphatic hydroxyl groups excluding tert-OH is 2. The van der Waals surface area contributed by atoms with E-state index in [1.54, 1.807) is 23.7 Å². The van der Waals surface area contributed by atoms with Gasteiger partial charge in [-0.3, -0.25) is 5.10 Å². The van der Waals surface area contributed by atoms with Crippen molar-refractivity contribution in [1.82, 2.24) is 29.9 Å². The third kappa shape index (κ3) is 5.53.